The molecule has 2 aromatic rings. The molecule has 2 atom stereocenters. The molecule has 4 rings (SSSR count). The number of pyridine rings is 1. The van der Waals surface area contributed by atoms with E-state index in [-0.39, 0.29) is 30.2 Å². The molecule has 0 bridgehead atoms. The van der Waals surface area contributed by atoms with Gasteiger partial charge in [0.15, 0.2) is 0 Å². The average molecular weight is 409 g/mol. The van der Waals surface area contributed by atoms with Gasteiger partial charge in [0.1, 0.15) is 5.82 Å². The summed E-state index contributed by atoms with van der Waals surface area (Å²) in [4.78, 5) is 20.8. The fourth-order valence-electron chi connectivity index (χ4n) is 4.32. The van der Waals surface area contributed by atoms with E-state index in [0.29, 0.717) is 25.9 Å². The third-order valence-electron chi connectivity index (χ3n) is 5.63. The van der Waals surface area contributed by atoms with Crippen molar-refractivity contribution in [3.8, 4) is 0 Å². The SMILES string of the molecule is O=C([C@H]1CCCN(c2ncccc2C(F)(F)F)C1)N1CCC[C@@H]1c1ccsc1. The fourth-order valence-corrected chi connectivity index (χ4v) is 5.02. The lowest BCUT2D eigenvalue weighted by molar-refractivity contribution is -0.137. The van der Waals surface area contributed by atoms with Gasteiger partial charge in [-0.2, -0.15) is 24.5 Å². The molecule has 0 N–H and O–H groups in total. The molecular formula is C20H22F3N3OS. The van der Waals surface area contributed by atoms with E-state index >= 15 is 0 Å². The van der Waals surface area contributed by atoms with E-state index in [2.05, 4.69) is 16.4 Å². The summed E-state index contributed by atoms with van der Waals surface area (Å²) in [7, 11) is 0. The first kappa shape index (κ1) is 19.2. The normalized spacial score (nSPS) is 23.2. The molecule has 2 aliphatic heterocycles. The van der Waals surface area contributed by atoms with E-state index in [9.17, 15) is 18.0 Å². The van der Waals surface area contributed by atoms with Crippen LogP contribution < -0.4 is 4.90 Å². The highest BCUT2D eigenvalue weighted by Gasteiger charge is 2.39. The van der Waals surface area contributed by atoms with Crippen LogP contribution >= 0.6 is 11.3 Å². The van der Waals surface area contributed by atoms with Gasteiger partial charge in [0.2, 0.25) is 5.91 Å². The first-order valence-corrected chi connectivity index (χ1v) is 10.5. The predicted octanol–water partition coefficient (Wildman–Crippen LogP) is 4.74. The summed E-state index contributed by atoms with van der Waals surface area (Å²) in [5.41, 5.74) is 0.424. The molecule has 0 spiro atoms. The Balaban J connectivity index is 1.52. The number of thiophene rings is 1. The molecule has 4 heterocycles. The van der Waals surface area contributed by atoms with Crippen LogP contribution in [0.2, 0.25) is 0 Å². The van der Waals surface area contributed by atoms with Crippen LogP contribution in [0.25, 0.3) is 0 Å². The Morgan fingerprint density at radius 3 is 2.75 bits per heavy atom. The third-order valence-corrected chi connectivity index (χ3v) is 6.33. The predicted molar refractivity (Wildman–Crippen MR) is 102 cm³/mol. The van der Waals surface area contributed by atoms with Crippen LogP contribution in [0.3, 0.4) is 0 Å². The summed E-state index contributed by atoms with van der Waals surface area (Å²) in [6.45, 7) is 1.48. The van der Waals surface area contributed by atoms with E-state index in [0.717, 1.165) is 24.5 Å². The summed E-state index contributed by atoms with van der Waals surface area (Å²) in [5, 5.41) is 4.09. The second-order valence-corrected chi connectivity index (χ2v) is 8.18. The van der Waals surface area contributed by atoms with Crippen molar-refractivity contribution in [1.29, 1.82) is 0 Å². The van der Waals surface area contributed by atoms with E-state index in [4.69, 9.17) is 0 Å². The number of aromatic nitrogens is 1. The standard InChI is InChI=1S/C20H22F3N3OS/c21-20(22,23)16-5-1-8-24-18(16)25-9-2-4-14(12-25)19(27)26-10-3-6-17(26)15-7-11-28-13-15/h1,5,7-8,11,13-14,17H,2-4,6,9-10,12H2/t14-,17+/m0/s1. The molecule has 0 radical (unpaired) electrons. The summed E-state index contributed by atoms with van der Waals surface area (Å²) in [6.07, 6.45) is 0.207. The smallest absolute Gasteiger partial charge is 0.355 e. The zero-order valence-electron chi connectivity index (χ0n) is 15.4. The molecule has 2 aliphatic rings. The van der Waals surface area contributed by atoms with Crippen LogP contribution in [0, 0.1) is 5.92 Å². The van der Waals surface area contributed by atoms with Gasteiger partial charge < -0.3 is 9.80 Å². The van der Waals surface area contributed by atoms with Crippen molar-refractivity contribution in [3.63, 3.8) is 0 Å². The minimum atomic E-state index is -4.46. The van der Waals surface area contributed by atoms with Gasteiger partial charge in [-0.1, -0.05) is 0 Å². The highest BCUT2D eigenvalue weighted by Crippen LogP contribution is 2.38. The first-order valence-electron chi connectivity index (χ1n) is 9.55. The van der Waals surface area contributed by atoms with Gasteiger partial charge in [0.25, 0.3) is 0 Å². The Bertz CT molecular complexity index is 824. The molecule has 1 amide bonds. The molecule has 8 heteroatoms. The zero-order valence-corrected chi connectivity index (χ0v) is 16.2. The van der Waals surface area contributed by atoms with Crippen molar-refractivity contribution >= 4 is 23.1 Å². The number of likely N-dealkylation sites (tertiary alicyclic amines) is 1. The Kier molecular flexibility index (Phi) is 5.31. The number of hydrogen-bond acceptors (Lipinski definition) is 4. The minimum Gasteiger partial charge on any atom is -0.355 e. The van der Waals surface area contributed by atoms with Crippen molar-refractivity contribution in [2.24, 2.45) is 5.92 Å². The average Bonchev–Trinajstić information content (AvgIpc) is 3.38. The number of alkyl halides is 3. The number of nitrogens with zero attached hydrogens (tertiary/aromatic N) is 3. The zero-order chi connectivity index (χ0) is 19.7. The van der Waals surface area contributed by atoms with Gasteiger partial charge >= 0.3 is 6.18 Å². The molecular weight excluding hydrogens is 387 g/mol. The first-order chi connectivity index (χ1) is 13.4. The van der Waals surface area contributed by atoms with E-state index in [1.807, 2.05) is 10.3 Å². The Morgan fingerprint density at radius 2 is 2.00 bits per heavy atom. The van der Waals surface area contributed by atoms with Crippen LogP contribution in [0.15, 0.2) is 35.2 Å². The molecule has 150 valence electrons. The van der Waals surface area contributed by atoms with Crippen LogP contribution in [-0.2, 0) is 11.0 Å². The number of piperidine rings is 1. The van der Waals surface area contributed by atoms with Crippen molar-refractivity contribution in [2.45, 2.75) is 37.9 Å². The molecule has 0 unspecified atom stereocenters. The van der Waals surface area contributed by atoms with Gasteiger partial charge in [-0.05, 0) is 60.2 Å². The van der Waals surface area contributed by atoms with E-state index in [1.165, 1.54) is 12.3 Å². The lowest BCUT2D eigenvalue weighted by atomic mass is 9.95. The van der Waals surface area contributed by atoms with Gasteiger partial charge in [-0.15, -0.1) is 0 Å². The highest BCUT2D eigenvalue weighted by molar-refractivity contribution is 7.08. The summed E-state index contributed by atoms with van der Waals surface area (Å²) in [5.74, 6) is -0.303. The second-order valence-electron chi connectivity index (χ2n) is 7.40. The fraction of sp³-hybridized carbons (Fsp3) is 0.500. The maximum Gasteiger partial charge on any atom is 0.419 e. The number of amides is 1. The van der Waals surface area contributed by atoms with Crippen LogP contribution in [0.5, 0.6) is 0 Å². The molecule has 0 aromatic carbocycles. The molecule has 28 heavy (non-hydrogen) atoms. The third kappa shape index (κ3) is 3.74. The Labute approximate surface area is 166 Å². The van der Waals surface area contributed by atoms with Crippen LogP contribution in [-0.4, -0.2) is 35.4 Å². The number of anilines is 1. The number of hydrogen-bond donors (Lipinski definition) is 0. The molecule has 4 nitrogen and oxygen atoms in total. The number of carbonyl (C=O) groups excluding carboxylic acids is 1. The lowest BCUT2D eigenvalue weighted by Crippen LogP contribution is -2.45. The number of halogens is 3. The van der Waals surface area contributed by atoms with Crippen LogP contribution in [0.4, 0.5) is 19.0 Å². The number of carbonyl (C=O) groups is 1. The van der Waals surface area contributed by atoms with E-state index in [1.54, 1.807) is 16.2 Å². The van der Waals surface area contributed by atoms with Crippen molar-refractivity contribution in [3.05, 3.63) is 46.3 Å². The Hall–Kier alpha value is -2.09. The summed E-state index contributed by atoms with van der Waals surface area (Å²) >= 11 is 1.62. The van der Waals surface area contributed by atoms with Gasteiger partial charge in [-0.25, -0.2) is 4.98 Å². The maximum atomic E-state index is 13.4. The molecule has 2 fully saturated rings. The van der Waals surface area contributed by atoms with Crippen LogP contribution in [0.1, 0.15) is 42.9 Å². The van der Waals surface area contributed by atoms with Gasteiger partial charge in [0, 0.05) is 25.8 Å². The highest BCUT2D eigenvalue weighted by atomic mass is 32.1. The summed E-state index contributed by atoms with van der Waals surface area (Å²) < 4.78 is 40.1. The lowest BCUT2D eigenvalue weighted by Gasteiger charge is -2.37. The maximum absolute atomic E-state index is 13.4. The largest absolute Gasteiger partial charge is 0.419 e. The Morgan fingerprint density at radius 1 is 1.18 bits per heavy atom. The van der Waals surface area contributed by atoms with Crippen molar-refractivity contribution in [1.82, 2.24) is 9.88 Å². The molecule has 0 aliphatic carbocycles. The number of rotatable bonds is 3. The minimum absolute atomic E-state index is 0.0582. The monoisotopic (exact) mass is 409 g/mol. The summed E-state index contributed by atoms with van der Waals surface area (Å²) in [6, 6.07) is 4.50. The van der Waals surface area contributed by atoms with Crippen molar-refractivity contribution < 1.29 is 18.0 Å². The van der Waals surface area contributed by atoms with Gasteiger partial charge in [-0.3, -0.25) is 4.79 Å². The quantitative estimate of drug-likeness (QED) is 0.735. The second kappa shape index (κ2) is 7.73. The van der Waals surface area contributed by atoms with Crippen molar-refractivity contribution in [2.75, 3.05) is 24.5 Å². The molecule has 2 aromatic heterocycles. The van der Waals surface area contributed by atoms with Gasteiger partial charge in [0.05, 0.1) is 17.5 Å². The molecule has 0 saturated carbocycles. The molecule has 2 saturated heterocycles. The van der Waals surface area contributed by atoms with E-state index < -0.39 is 11.7 Å². The topological polar surface area (TPSA) is 36.4 Å².